The molecule has 0 radical (unpaired) electrons. The van der Waals surface area contributed by atoms with Crippen LogP contribution in [0.15, 0.2) is 0 Å². The fourth-order valence-corrected chi connectivity index (χ4v) is 7.96. The van der Waals surface area contributed by atoms with Crippen LogP contribution in [0.2, 0.25) is 0 Å². The van der Waals surface area contributed by atoms with Crippen molar-refractivity contribution in [2.24, 2.45) is 52.5 Å². The van der Waals surface area contributed by atoms with Crippen molar-refractivity contribution < 1.29 is 53.1 Å². The number of unbranched alkanes of at least 4 members (excludes halogenated alkanes) is 2. The molecule has 0 aromatic carbocycles. The van der Waals surface area contributed by atoms with Crippen molar-refractivity contribution in [1.82, 2.24) is 47.9 Å². The Morgan fingerprint density at radius 3 is 1.12 bits per heavy atom. The number of aliphatic hydroxyl groups excluding tert-OH is 1. The van der Waals surface area contributed by atoms with Gasteiger partial charge in [0.1, 0.15) is 54.4 Å². The Bertz CT molecular complexity index is 1830. The summed E-state index contributed by atoms with van der Waals surface area (Å²) in [5.74, 6) is -7.92. The zero-order valence-corrected chi connectivity index (χ0v) is 46.9. The van der Waals surface area contributed by atoms with Crippen molar-refractivity contribution in [2.75, 3.05) is 19.6 Å². The molecule has 0 aromatic heterocycles. The highest BCUT2D eigenvalue weighted by atomic mass is 16.3. The highest BCUT2D eigenvalue weighted by molar-refractivity contribution is 5.98. The van der Waals surface area contributed by atoms with Gasteiger partial charge in [-0.2, -0.15) is 0 Å². The lowest BCUT2D eigenvalue weighted by Gasteiger charge is -2.30. The van der Waals surface area contributed by atoms with E-state index >= 15 is 0 Å². The van der Waals surface area contributed by atoms with Crippen LogP contribution in [0.4, 0.5) is 0 Å². The van der Waals surface area contributed by atoms with Gasteiger partial charge in [0.05, 0.1) is 12.6 Å². The van der Waals surface area contributed by atoms with E-state index in [-0.39, 0.29) is 75.3 Å². The molecule has 0 rings (SSSR count). The maximum atomic E-state index is 14.2. The molecule has 0 saturated carbocycles. The van der Waals surface area contributed by atoms with Crippen LogP contribution >= 0.6 is 0 Å². The van der Waals surface area contributed by atoms with Gasteiger partial charge in [0, 0.05) is 0 Å². The quantitative estimate of drug-likeness (QED) is 0.0319. The van der Waals surface area contributed by atoms with Gasteiger partial charge >= 0.3 is 0 Å². The SMILES string of the molecule is CC[C@H](C)[C@H](NC(=O)[C@H](C)NC(=O)[C@H](CCCCN)NC(=O)[C@H](CC(C)C)NC(=O)[C@H](CC(C)C)NC(=O)CN)C(=O)N[C@@H](CCCCN)C(=O)N[C@H](C(=O)N[C@@H](CC(C)C)C(=O)N[C@@H](CC(C)C)C(N)=O)[C@@H](C)O. The van der Waals surface area contributed by atoms with E-state index in [1.54, 1.807) is 13.8 Å². The summed E-state index contributed by atoms with van der Waals surface area (Å²) < 4.78 is 0. The van der Waals surface area contributed by atoms with Gasteiger partial charge in [-0.25, -0.2) is 0 Å². The van der Waals surface area contributed by atoms with Gasteiger partial charge in [-0.1, -0.05) is 75.7 Å². The van der Waals surface area contributed by atoms with Gasteiger partial charge in [-0.3, -0.25) is 47.9 Å². The van der Waals surface area contributed by atoms with E-state index in [1.165, 1.54) is 13.8 Å². The summed E-state index contributed by atoms with van der Waals surface area (Å²) in [7, 11) is 0. The van der Waals surface area contributed by atoms with Gasteiger partial charge in [0.15, 0.2) is 0 Å². The van der Waals surface area contributed by atoms with Gasteiger partial charge in [-0.05, 0) is 121 Å². The maximum absolute atomic E-state index is 14.2. The second-order valence-corrected chi connectivity index (χ2v) is 21.4. The first-order valence-electron chi connectivity index (χ1n) is 26.8. The minimum Gasteiger partial charge on any atom is -0.391 e. The Balaban J connectivity index is 6.51. The second-order valence-electron chi connectivity index (χ2n) is 21.4. The van der Waals surface area contributed by atoms with Crippen LogP contribution in [0.1, 0.15) is 154 Å². The Kier molecular flexibility index (Phi) is 33.9. The third-order valence-electron chi connectivity index (χ3n) is 12.4. The molecule has 24 heteroatoms. The Morgan fingerprint density at radius 2 is 0.733 bits per heavy atom. The number of amides is 10. The van der Waals surface area contributed by atoms with Crippen molar-refractivity contribution in [3.05, 3.63) is 0 Å². The molecular weight excluding hydrogens is 971 g/mol. The molecule has 432 valence electrons. The predicted octanol–water partition coefficient (Wildman–Crippen LogP) is -1.32. The van der Waals surface area contributed by atoms with Gasteiger partial charge in [0.25, 0.3) is 0 Å². The summed E-state index contributed by atoms with van der Waals surface area (Å²) in [6, 6.07) is -10.8. The molecule has 0 aromatic rings. The number of rotatable bonds is 38. The zero-order valence-electron chi connectivity index (χ0n) is 46.9. The molecule has 0 heterocycles. The highest BCUT2D eigenvalue weighted by Gasteiger charge is 2.37. The van der Waals surface area contributed by atoms with Gasteiger partial charge < -0.3 is 75.9 Å². The van der Waals surface area contributed by atoms with Crippen LogP contribution in [0.3, 0.4) is 0 Å². The molecule has 0 bridgehead atoms. The minimum absolute atomic E-state index is 0.00565. The Morgan fingerprint density at radius 1 is 0.400 bits per heavy atom. The highest BCUT2D eigenvalue weighted by Crippen LogP contribution is 2.14. The normalized spacial score (nSPS) is 15.9. The Hall–Kier alpha value is -5.46. The van der Waals surface area contributed by atoms with E-state index < -0.39 is 125 Å². The fourth-order valence-electron chi connectivity index (χ4n) is 7.96. The molecule has 0 aliphatic heterocycles. The summed E-state index contributed by atoms with van der Waals surface area (Å²) in [6.07, 6.45) is 1.69. The van der Waals surface area contributed by atoms with Gasteiger partial charge in [-0.15, -0.1) is 0 Å². The largest absolute Gasteiger partial charge is 0.391 e. The molecule has 18 N–H and O–H groups in total. The van der Waals surface area contributed by atoms with Crippen LogP contribution in [0, 0.1) is 29.6 Å². The first-order valence-corrected chi connectivity index (χ1v) is 26.8. The average Bonchev–Trinajstić information content (AvgIpc) is 3.31. The molecule has 0 fully saturated rings. The number of hydrogen-bond donors (Lipinski definition) is 14. The average molecular weight is 1070 g/mol. The molecule has 0 aliphatic carbocycles. The van der Waals surface area contributed by atoms with E-state index in [9.17, 15) is 53.1 Å². The number of hydrogen-bond acceptors (Lipinski definition) is 14. The molecule has 0 spiro atoms. The standard InChI is InChI=1S/C51H97N13O11/c1-13-31(10)41(50(74)59-35(19-15-17-21-53)46(70)64-42(33(12)65)51(75)62-39(25-30(8)9)49(73)60-36(43(55)67)22-27(2)3)63-44(68)32(11)56-45(69)34(18-14-16-20-52)58-48(72)38(24-29(6)7)61-47(71)37(23-28(4)5)57-40(66)26-54/h27-39,41-42,65H,13-26,52-54H2,1-12H3,(H2,55,67)(H,56,69)(H,57,66)(H,58,72)(H,59,74)(H,60,73)(H,61,71)(H,62,75)(H,63,68)(H,64,70)/t31-,32-,33+,34-,35-,36-,37-,38-,39-,41-,42-/m0/s1. The summed E-state index contributed by atoms with van der Waals surface area (Å²) in [5.41, 5.74) is 22.5. The molecular formula is C51H97N13O11. The van der Waals surface area contributed by atoms with E-state index in [4.69, 9.17) is 22.9 Å². The second kappa shape index (κ2) is 36.5. The van der Waals surface area contributed by atoms with Crippen molar-refractivity contribution in [3.63, 3.8) is 0 Å². The molecule has 0 saturated heterocycles. The lowest BCUT2D eigenvalue weighted by molar-refractivity contribution is -0.137. The molecule has 75 heavy (non-hydrogen) atoms. The smallest absolute Gasteiger partial charge is 0.245 e. The number of carbonyl (C=O) groups excluding carboxylic acids is 10. The third-order valence-corrected chi connectivity index (χ3v) is 12.4. The monoisotopic (exact) mass is 1070 g/mol. The number of nitrogens with one attached hydrogen (secondary N) is 9. The number of nitrogens with two attached hydrogens (primary N) is 4. The third kappa shape index (κ3) is 27.8. The number of carbonyl (C=O) groups is 10. The van der Waals surface area contributed by atoms with Crippen molar-refractivity contribution in [2.45, 2.75) is 214 Å². The molecule has 11 atom stereocenters. The Labute approximate surface area is 445 Å². The first-order chi connectivity index (χ1) is 35.0. The maximum Gasteiger partial charge on any atom is 0.245 e. The fraction of sp³-hybridized carbons (Fsp3) is 0.804. The van der Waals surface area contributed by atoms with Crippen molar-refractivity contribution in [1.29, 1.82) is 0 Å². The molecule has 10 amide bonds. The van der Waals surface area contributed by atoms with E-state index in [2.05, 4.69) is 47.9 Å². The van der Waals surface area contributed by atoms with E-state index in [0.717, 1.165) is 0 Å². The van der Waals surface area contributed by atoms with Crippen molar-refractivity contribution in [3.8, 4) is 0 Å². The zero-order chi connectivity index (χ0) is 57.7. The molecule has 0 unspecified atom stereocenters. The summed E-state index contributed by atoms with van der Waals surface area (Å²) in [5, 5.41) is 34.6. The van der Waals surface area contributed by atoms with Crippen LogP contribution in [-0.2, 0) is 47.9 Å². The van der Waals surface area contributed by atoms with E-state index in [0.29, 0.717) is 38.6 Å². The topological polar surface area (TPSA) is 403 Å². The summed E-state index contributed by atoms with van der Waals surface area (Å²) >= 11 is 0. The summed E-state index contributed by atoms with van der Waals surface area (Å²) in [4.78, 5) is 135. The predicted molar refractivity (Wildman–Crippen MR) is 286 cm³/mol. The number of primary amides is 1. The van der Waals surface area contributed by atoms with Crippen LogP contribution in [0.5, 0.6) is 0 Å². The van der Waals surface area contributed by atoms with E-state index in [1.807, 2.05) is 55.4 Å². The van der Waals surface area contributed by atoms with Gasteiger partial charge in [0.2, 0.25) is 59.1 Å². The van der Waals surface area contributed by atoms with Crippen LogP contribution in [0.25, 0.3) is 0 Å². The lowest BCUT2D eigenvalue weighted by Crippen LogP contribution is -2.62. The molecule has 0 aliphatic rings. The van der Waals surface area contributed by atoms with Crippen LogP contribution < -0.4 is 70.8 Å². The summed E-state index contributed by atoms with van der Waals surface area (Å²) in [6.45, 7) is 21.2. The van der Waals surface area contributed by atoms with Crippen LogP contribution in [-0.4, -0.2) is 144 Å². The first kappa shape index (κ1) is 69.5. The van der Waals surface area contributed by atoms with Crippen molar-refractivity contribution >= 4 is 59.1 Å². The lowest BCUT2D eigenvalue weighted by atomic mass is 9.97. The number of aliphatic hydroxyl groups is 1. The minimum atomic E-state index is -1.60. The molecule has 24 nitrogen and oxygen atoms in total.